The summed E-state index contributed by atoms with van der Waals surface area (Å²) in [7, 11) is 0. The third kappa shape index (κ3) is 1.12. The summed E-state index contributed by atoms with van der Waals surface area (Å²) >= 11 is 0. The summed E-state index contributed by atoms with van der Waals surface area (Å²) in [4.78, 5) is 27.9. The summed E-state index contributed by atoms with van der Waals surface area (Å²) in [6.45, 7) is 0. The maximum atomic E-state index is 10.6. The van der Waals surface area contributed by atoms with Gasteiger partial charge in [0.15, 0.2) is 12.6 Å². The number of nitrogens with one attached hydrogen (secondary N) is 1. The summed E-state index contributed by atoms with van der Waals surface area (Å²) < 4.78 is 0. The Kier molecular flexibility index (Phi) is 1.66. The molecule has 0 amide bonds. The van der Waals surface area contributed by atoms with Crippen LogP contribution in [0.15, 0.2) is 18.5 Å². The SMILES string of the molecule is O=Cc1cc2nc[nH]c2cc1C=O. The van der Waals surface area contributed by atoms with Gasteiger partial charge in [-0.3, -0.25) is 9.59 Å². The van der Waals surface area contributed by atoms with Crippen molar-refractivity contribution in [1.29, 1.82) is 0 Å². The Labute approximate surface area is 73.6 Å². The minimum atomic E-state index is 0.370. The van der Waals surface area contributed by atoms with Crippen LogP contribution in [0.1, 0.15) is 20.7 Å². The van der Waals surface area contributed by atoms with Gasteiger partial charge in [0.05, 0.1) is 17.4 Å². The topological polar surface area (TPSA) is 62.8 Å². The zero-order valence-corrected chi connectivity index (χ0v) is 6.65. The normalized spacial score (nSPS) is 10.2. The molecule has 0 aliphatic heterocycles. The molecular formula is C9H6N2O2. The Morgan fingerprint density at radius 2 is 1.85 bits per heavy atom. The number of fused-ring (bicyclic) bond motifs is 1. The van der Waals surface area contributed by atoms with Crippen molar-refractivity contribution >= 4 is 23.6 Å². The number of carbonyl (C=O) groups is 2. The lowest BCUT2D eigenvalue weighted by Crippen LogP contribution is -1.90. The van der Waals surface area contributed by atoms with Crippen LogP contribution in [-0.4, -0.2) is 22.5 Å². The van der Waals surface area contributed by atoms with Crippen molar-refractivity contribution in [3.05, 3.63) is 29.6 Å². The molecule has 0 saturated carbocycles. The summed E-state index contributed by atoms with van der Waals surface area (Å²) in [5, 5.41) is 0. The quantitative estimate of drug-likeness (QED) is 0.695. The predicted molar refractivity (Wildman–Crippen MR) is 46.9 cm³/mol. The minimum absolute atomic E-state index is 0.370. The lowest BCUT2D eigenvalue weighted by atomic mass is 10.1. The van der Waals surface area contributed by atoms with Crippen LogP contribution in [0.3, 0.4) is 0 Å². The van der Waals surface area contributed by atoms with Crippen LogP contribution in [0.5, 0.6) is 0 Å². The first-order chi connectivity index (χ1) is 6.35. The van der Waals surface area contributed by atoms with Gasteiger partial charge in [-0.15, -0.1) is 0 Å². The third-order valence-corrected chi connectivity index (χ3v) is 1.88. The smallest absolute Gasteiger partial charge is 0.150 e. The van der Waals surface area contributed by atoms with E-state index in [0.29, 0.717) is 29.2 Å². The standard InChI is InChI=1S/C9H6N2O2/c12-3-6-1-8-9(11-5-10-8)2-7(6)4-13/h1-5H,(H,10,11). The first-order valence-electron chi connectivity index (χ1n) is 3.72. The predicted octanol–water partition coefficient (Wildman–Crippen LogP) is 1.19. The van der Waals surface area contributed by atoms with Crippen LogP contribution in [-0.2, 0) is 0 Å². The first-order valence-corrected chi connectivity index (χ1v) is 3.72. The molecule has 0 aliphatic rings. The number of carbonyl (C=O) groups excluding carboxylic acids is 2. The van der Waals surface area contributed by atoms with E-state index in [2.05, 4.69) is 9.97 Å². The minimum Gasteiger partial charge on any atom is -0.345 e. The molecule has 13 heavy (non-hydrogen) atoms. The third-order valence-electron chi connectivity index (χ3n) is 1.88. The second-order valence-electron chi connectivity index (χ2n) is 2.64. The van der Waals surface area contributed by atoms with E-state index in [0.717, 1.165) is 5.52 Å². The lowest BCUT2D eigenvalue weighted by Gasteiger charge is -1.95. The number of hydrogen-bond donors (Lipinski definition) is 1. The Morgan fingerprint density at radius 1 is 1.15 bits per heavy atom. The Bertz CT molecular complexity index is 431. The number of imidazole rings is 1. The zero-order valence-electron chi connectivity index (χ0n) is 6.65. The van der Waals surface area contributed by atoms with Gasteiger partial charge in [0.1, 0.15) is 0 Å². The molecule has 64 valence electrons. The van der Waals surface area contributed by atoms with Crippen LogP contribution in [0.4, 0.5) is 0 Å². The number of benzene rings is 1. The number of aromatic amines is 1. The molecule has 0 spiro atoms. The molecule has 0 unspecified atom stereocenters. The van der Waals surface area contributed by atoms with Gasteiger partial charge in [-0.1, -0.05) is 0 Å². The van der Waals surface area contributed by atoms with Gasteiger partial charge in [-0.05, 0) is 12.1 Å². The van der Waals surface area contributed by atoms with Gasteiger partial charge in [-0.2, -0.15) is 0 Å². The molecule has 1 N–H and O–H groups in total. The number of hydrogen-bond acceptors (Lipinski definition) is 3. The fraction of sp³-hybridized carbons (Fsp3) is 0. The molecule has 1 aromatic carbocycles. The maximum Gasteiger partial charge on any atom is 0.150 e. The number of H-pyrrole nitrogens is 1. The fourth-order valence-corrected chi connectivity index (χ4v) is 1.22. The second kappa shape index (κ2) is 2.82. The molecule has 0 radical (unpaired) electrons. The largest absolute Gasteiger partial charge is 0.345 e. The van der Waals surface area contributed by atoms with Crippen LogP contribution < -0.4 is 0 Å². The molecule has 1 aromatic heterocycles. The van der Waals surface area contributed by atoms with Gasteiger partial charge in [0, 0.05) is 11.1 Å². The van der Waals surface area contributed by atoms with E-state index < -0.39 is 0 Å². The average Bonchev–Trinajstić information content (AvgIpc) is 2.62. The van der Waals surface area contributed by atoms with Crippen LogP contribution in [0.25, 0.3) is 11.0 Å². The van der Waals surface area contributed by atoms with Crippen molar-refractivity contribution in [3.63, 3.8) is 0 Å². The van der Waals surface area contributed by atoms with Crippen molar-refractivity contribution in [2.24, 2.45) is 0 Å². The molecule has 2 rings (SSSR count). The van der Waals surface area contributed by atoms with Crippen molar-refractivity contribution in [3.8, 4) is 0 Å². The number of nitrogens with zero attached hydrogens (tertiary/aromatic N) is 1. The van der Waals surface area contributed by atoms with Gasteiger partial charge in [0.2, 0.25) is 0 Å². The molecule has 1 heterocycles. The lowest BCUT2D eigenvalue weighted by molar-refractivity contribution is 0.109. The molecule has 2 aromatic rings. The molecule has 0 fully saturated rings. The van der Waals surface area contributed by atoms with E-state index >= 15 is 0 Å². The van der Waals surface area contributed by atoms with Crippen molar-refractivity contribution < 1.29 is 9.59 Å². The van der Waals surface area contributed by atoms with Crippen LogP contribution in [0, 0.1) is 0 Å². The van der Waals surface area contributed by atoms with Crippen LogP contribution in [0.2, 0.25) is 0 Å². The highest BCUT2D eigenvalue weighted by Gasteiger charge is 2.04. The van der Waals surface area contributed by atoms with E-state index in [4.69, 9.17) is 0 Å². The number of aldehydes is 2. The molecule has 4 heteroatoms. The molecule has 4 nitrogen and oxygen atoms in total. The van der Waals surface area contributed by atoms with Gasteiger partial charge < -0.3 is 4.98 Å². The number of rotatable bonds is 2. The molecule has 0 aliphatic carbocycles. The highest BCUT2D eigenvalue weighted by molar-refractivity contribution is 5.96. The molecule has 0 saturated heterocycles. The molecular weight excluding hydrogens is 168 g/mol. The highest BCUT2D eigenvalue weighted by Crippen LogP contribution is 2.14. The highest BCUT2D eigenvalue weighted by atomic mass is 16.1. The van der Waals surface area contributed by atoms with E-state index in [1.807, 2.05) is 0 Å². The van der Waals surface area contributed by atoms with Crippen molar-refractivity contribution in [2.45, 2.75) is 0 Å². The molecule has 0 bridgehead atoms. The fourth-order valence-electron chi connectivity index (χ4n) is 1.22. The molecule has 0 atom stereocenters. The first kappa shape index (κ1) is 7.67. The van der Waals surface area contributed by atoms with Crippen molar-refractivity contribution in [1.82, 2.24) is 9.97 Å². The van der Waals surface area contributed by atoms with E-state index in [9.17, 15) is 9.59 Å². The van der Waals surface area contributed by atoms with Crippen LogP contribution >= 0.6 is 0 Å². The van der Waals surface area contributed by atoms with Crippen molar-refractivity contribution in [2.75, 3.05) is 0 Å². The monoisotopic (exact) mass is 174 g/mol. The van der Waals surface area contributed by atoms with E-state index in [1.54, 1.807) is 12.1 Å². The Morgan fingerprint density at radius 3 is 2.54 bits per heavy atom. The van der Waals surface area contributed by atoms with Gasteiger partial charge in [-0.25, -0.2) is 4.98 Å². The average molecular weight is 174 g/mol. The second-order valence-corrected chi connectivity index (χ2v) is 2.64. The zero-order chi connectivity index (χ0) is 9.26. The van der Waals surface area contributed by atoms with E-state index in [1.165, 1.54) is 6.33 Å². The number of aromatic nitrogens is 2. The summed E-state index contributed by atoms with van der Waals surface area (Å²) in [6, 6.07) is 3.20. The van der Waals surface area contributed by atoms with Gasteiger partial charge >= 0.3 is 0 Å². The van der Waals surface area contributed by atoms with E-state index in [-0.39, 0.29) is 0 Å². The summed E-state index contributed by atoms with van der Waals surface area (Å²) in [5.74, 6) is 0. The summed E-state index contributed by atoms with van der Waals surface area (Å²) in [6.07, 6.45) is 2.83. The Balaban J connectivity index is 2.80. The maximum absolute atomic E-state index is 10.6. The summed E-state index contributed by atoms with van der Waals surface area (Å²) in [5.41, 5.74) is 2.20. The van der Waals surface area contributed by atoms with Gasteiger partial charge in [0.25, 0.3) is 0 Å². The Hall–Kier alpha value is -1.97.